The van der Waals surface area contributed by atoms with E-state index in [1.54, 1.807) is 6.92 Å². The first-order chi connectivity index (χ1) is 6.83. The lowest BCUT2D eigenvalue weighted by Crippen LogP contribution is -2.04. The van der Waals surface area contributed by atoms with Crippen LogP contribution in [0.1, 0.15) is 27.2 Å². The van der Waals surface area contributed by atoms with Crippen molar-refractivity contribution in [3.05, 3.63) is 12.2 Å². The van der Waals surface area contributed by atoms with Crippen molar-refractivity contribution < 1.29 is 21.9 Å². The van der Waals surface area contributed by atoms with Crippen molar-refractivity contribution >= 4 is 10.4 Å². The average molecular weight is 240 g/mol. The molecule has 0 aliphatic rings. The minimum Gasteiger partial charge on any atom is -0.382 e. The lowest BCUT2D eigenvalue weighted by Gasteiger charge is -1.97. The van der Waals surface area contributed by atoms with E-state index in [1.165, 1.54) is 0 Å². The average Bonchev–Trinajstić information content (AvgIpc) is 2.03. The van der Waals surface area contributed by atoms with Gasteiger partial charge in [0.2, 0.25) is 0 Å². The zero-order chi connectivity index (χ0) is 12.3. The molecule has 0 saturated heterocycles. The minimum absolute atomic E-state index is 0.0475. The maximum atomic E-state index is 9.92. The van der Waals surface area contributed by atoms with Gasteiger partial charge < -0.3 is 4.74 Å². The molecule has 0 spiro atoms. The van der Waals surface area contributed by atoms with Gasteiger partial charge in [-0.3, -0.25) is 4.55 Å². The van der Waals surface area contributed by atoms with Gasteiger partial charge >= 0.3 is 10.4 Å². The molecule has 0 fully saturated rings. The van der Waals surface area contributed by atoms with E-state index in [4.69, 9.17) is 9.29 Å². The maximum absolute atomic E-state index is 9.92. The molecule has 0 aliphatic heterocycles. The van der Waals surface area contributed by atoms with Gasteiger partial charge in [-0.1, -0.05) is 5.57 Å². The Bertz CT molecular complexity index is 243. The van der Waals surface area contributed by atoms with Crippen molar-refractivity contribution in [2.75, 3.05) is 19.8 Å². The molecule has 0 rings (SSSR count). The Morgan fingerprint density at radius 2 is 1.80 bits per heavy atom. The molecule has 92 valence electrons. The zero-order valence-electron chi connectivity index (χ0n) is 9.52. The van der Waals surface area contributed by atoms with Crippen LogP contribution in [0.15, 0.2) is 12.2 Å². The largest absolute Gasteiger partial charge is 0.397 e. The fourth-order valence-corrected chi connectivity index (χ4v) is 0.819. The molecular formula is C9H20O5S. The third-order valence-electron chi connectivity index (χ3n) is 1.17. The summed E-state index contributed by atoms with van der Waals surface area (Å²) < 4.78 is 36.7. The summed E-state index contributed by atoms with van der Waals surface area (Å²) in [5.41, 5.74) is 0.809. The van der Waals surface area contributed by atoms with Crippen molar-refractivity contribution in [1.29, 1.82) is 0 Å². The lowest BCUT2D eigenvalue weighted by molar-refractivity contribution is 0.162. The molecule has 0 atom stereocenters. The molecule has 1 N–H and O–H groups in total. The van der Waals surface area contributed by atoms with E-state index in [-0.39, 0.29) is 6.61 Å². The van der Waals surface area contributed by atoms with E-state index >= 15 is 0 Å². The molecular weight excluding hydrogens is 220 g/mol. The Balaban J connectivity index is 0. The number of hydrogen-bond acceptors (Lipinski definition) is 4. The predicted octanol–water partition coefficient (Wildman–Crippen LogP) is 1.81. The Morgan fingerprint density at radius 1 is 1.33 bits per heavy atom. The number of ether oxygens (including phenoxy) is 1. The Labute approximate surface area is 92.0 Å². The first-order valence-corrected chi connectivity index (χ1v) is 6.04. The molecule has 0 unspecified atom stereocenters. The summed E-state index contributed by atoms with van der Waals surface area (Å²) in [5.74, 6) is 0. The van der Waals surface area contributed by atoms with Crippen LogP contribution in [0.3, 0.4) is 0 Å². The van der Waals surface area contributed by atoms with E-state index in [1.807, 2.05) is 13.8 Å². The third-order valence-corrected chi connectivity index (χ3v) is 1.63. The highest BCUT2D eigenvalue weighted by atomic mass is 32.3. The topological polar surface area (TPSA) is 72.8 Å². The van der Waals surface area contributed by atoms with Gasteiger partial charge in [-0.2, -0.15) is 8.42 Å². The fourth-order valence-electron chi connectivity index (χ4n) is 0.525. The maximum Gasteiger partial charge on any atom is 0.397 e. The van der Waals surface area contributed by atoms with Crippen LogP contribution in [0.2, 0.25) is 0 Å². The van der Waals surface area contributed by atoms with Gasteiger partial charge in [-0.05, 0) is 27.2 Å². The van der Waals surface area contributed by atoms with Gasteiger partial charge in [0.1, 0.15) is 0 Å². The summed E-state index contributed by atoms with van der Waals surface area (Å²) in [4.78, 5) is 0. The molecule has 0 radical (unpaired) electrons. The number of hydrogen-bond donors (Lipinski definition) is 1. The second kappa shape index (κ2) is 10.1. The summed E-state index contributed by atoms with van der Waals surface area (Å²) in [6.07, 6.45) is 0.430. The first kappa shape index (κ1) is 17.0. The van der Waals surface area contributed by atoms with Gasteiger partial charge in [0, 0.05) is 13.2 Å². The molecule has 5 nitrogen and oxygen atoms in total. The van der Waals surface area contributed by atoms with Crippen LogP contribution >= 0.6 is 0 Å². The highest BCUT2D eigenvalue weighted by molar-refractivity contribution is 7.80. The second-order valence-corrected chi connectivity index (χ2v) is 3.83. The summed E-state index contributed by atoms with van der Waals surface area (Å²) in [6, 6.07) is 0. The summed E-state index contributed by atoms with van der Waals surface area (Å²) in [5, 5.41) is 0. The van der Waals surface area contributed by atoms with Gasteiger partial charge in [-0.25, -0.2) is 4.18 Å². The van der Waals surface area contributed by atoms with Crippen LogP contribution in [0, 0.1) is 0 Å². The van der Waals surface area contributed by atoms with Crippen LogP contribution in [0.4, 0.5) is 0 Å². The summed E-state index contributed by atoms with van der Waals surface area (Å²) in [6.45, 7) is 10.9. The van der Waals surface area contributed by atoms with Crippen molar-refractivity contribution in [3.63, 3.8) is 0 Å². The Hall–Kier alpha value is -0.430. The van der Waals surface area contributed by atoms with Crippen molar-refractivity contribution in [2.45, 2.75) is 27.2 Å². The Morgan fingerprint density at radius 3 is 2.00 bits per heavy atom. The molecule has 0 bridgehead atoms. The summed E-state index contributed by atoms with van der Waals surface area (Å²) >= 11 is 0. The lowest BCUT2D eigenvalue weighted by atomic mass is 10.3. The first-order valence-electron chi connectivity index (χ1n) is 4.67. The van der Waals surface area contributed by atoms with Gasteiger partial charge in [0.05, 0.1) is 6.61 Å². The van der Waals surface area contributed by atoms with Crippen LogP contribution in [-0.4, -0.2) is 32.8 Å². The molecule has 0 amide bonds. The Kier molecular flexibility index (Phi) is 11.4. The zero-order valence-corrected chi connectivity index (χ0v) is 10.3. The fraction of sp³-hybridized carbons (Fsp3) is 0.778. The van der Waals surface area contributed by atoms with Crippen LogP contribution < -0.4 is 0 Å². The molecule has 0 aromatic rings. The van der Waals surface area contributed by atoms with Crippen LogP contribution in [-0.2, 0) is 19.3 Å². The SMILES string of the molecule is C=C(C)CCOS(=O)(=O)O.CCOCC. The van der Waals surface area contributed by atoms with Crippen molar-refractivity contribution in [1.82, 2.24) is 0 Å². The molecule has 0 aromatic carbocycles. The monoisotopic (exact) mass is 240 g/mol. The van der Waals surface area contributed by atoms with E-state index < -0.39 is 10.4 Å². The molecule has 0 aromatic heterocycles. The van der Waals surface area contributed by atoms with E-state index in [0.29, 0.717) is 6.42 Å². The van der Waals surface area contributed by atoms with E-state index in [0.717, 1.165) is 18.8 Å². The molecule has 15 heavy (non-hydrogen) atoms. The molecule has 0 heterocycles. The van der Waals surface area contributed by atoms with E-state index in [9.17, 15) is 8.42 Å². The van der Waals surface area contributed by atoms with Crippen molar-refractivity contribution in [3.8, 4) is 0 Å². The standard InChI is InChI=1S/C5H10O4S.C4H10O/c1-5(2)3-4-9-10(6,7)8;1-3-5-4-2/h1,3-4H2,2H3,(H,6,7,8);3-4H2,1-2H3. The predicted molar refractivity (Wildman–Crippen MR) is 59.1 cm³/mol. The minimum atomic E-state index is -4.26. The normalized spacial score (nSPS) is 10.4. The van der Waals surface area contributed by atoms with Crippen molar-refractivity contribution in [2.24, 2.45) is 0 Å². The molecule has 6 heteroatoms. The second-order valence-electron chi connectivity index (χ2n) is 2.74. The van der Waals surface area contributed by atoms with Crippen LogP contribution in [0.25, 0.3) is 0 Å². The third kappa shape index (κ3) is 24.7. The summed E-state index contributed by atoms with van der Waals surface area (Å²) in [7, 11) is -4.26. The van der Waals surface area contributed by atoms with Gasteiger partial charge in [0.15, 0.2) is 0 Å². The van der Waals surface area contributed by atoms with Gasteiger partial charge in [0.25, 0.3) is 0 Å². The molecule has 0 aliphatic carbocycles. The number of rotatable bonds is 6. The quantitative estimate of drug-likeness (QED) is 0.566. The van der Waals surface area contributed by atoms with Crippen LogP contribution in [0.5, 0.6) is 0 Å². The smallest absolute Gasteiger partial charge is 0.382 e. The van der Waals surface area contributed by atoms with E-state index in [2.05, 4.69) is 10.8 Å². The highest BCUT2D eigenvalue weighted by Crippen LogP contribution is 1.97. The van der Waals surface area contributed by atoms with Gasteiger partial charge in [-0.15, -0.1) is 6.58 Å². The highest BCUT2D eigenvalue weighted by Gasteiger charge is 2.02. The molecule has 0 saturated carbocycles.